The number of hydrogen-bond donors (Lipinski definition) is 3. The normalized spacial score (nSPS) is 22.2. The van der Waals surface area contributed by atoms with Crippen molar-refractivity contribution < 1.29 is 29.4 Å². The van der Waals surface area contributed by atoms with Crippen LogP contribution in [-0.2, 0) is 19.2 Å². The van der Waals surface area contributed by atoms with E-state index in [1.165, 1.54) is 40.8 Å². The second kappa shape index (κ2) is 7.30. The van der Waals surface area contributed by atoms with E-state index in [2.05, 4.69) is 10.3 Å². The molecule has 0 radical (unpaired) electrons. The van der Waals surface area contributed by atoms with Crippen LogP contribution >= 0.6 is 23.1 Å². The minimum atomic E-state index is -1.20. The summed E-state index contributed by atoms with van der Waals surface area (Å²) in [5.41, 5.74) is 1.80. The van der Waals surface area contributed by atoms with Gasteiger partial charge in [-0.15, -0.1) is 23.1 Å². The highest BCUT2D eigenvalue weighted by atomic mass is 32.2. The molecule has 0 aliphatic carbocycles. The Hall–Kier alpha value is -2.66. The van der Waals surface area contributed by atoms with Gasteiger partial charge in [-0.25, -0.2) is 9.78 Å². The van der Waals surface area contributed by atoms with Crippen LogP contribution in [0.1, 0.15) is 12.1 Å². The molecule has 1 aromatic heterocycles. The number of fused-ring (bicyclic) bond motifs is 1. The second-order valence-corrected chi connectivity index (χ2v) is 7.24. The lowest BCUT2D eigenvalue weighted by Crippen LogP contribution is -2.70. The average Bonchev–Trinajstić information content (AvgIpc) is 3.12. The predicted molar refractivity (Wildman–Crippen MR) is 93.1 cm³/mol. The summed E-state index contributed by atoms with van der Waals surface area (Å²) in [6.45, 7) is 0. The number of nitrogens with zero attached hydrogens (tertiary/aromatic N) is 2. The fourth-order valence-corrected chi connectivity index (χ4v) is 4.35. The fraction of sp³-hybridized carbons (Fsp3) is 0.267. The second-order valence-electron chi connectivity index (χ2n) is 5.37. The molecule has 0 saturated carbocycles. The van der Waals surface area contributed by atoms with Gasteiger partial charge in [0, 0.05) is 11.1 Å². The van der Waals surface area contributed by atoms with Crippen molar-refractivity contribution >= 4 is 52.4 Å². The van der Waals surface area contributed by atoms with Crippen LogP contribution in [0.15, 0.2) is 28.7 Å². The maximum absolute atomic E-state index is 12.6. The van der Waals surface area contributed by atoms with Crippen LogP contribution in [0.2, 0.25) is 0 Å². The summed E-state index contributed by atoms with van der Waals surface area (Å²) in [6, 6.07) is -0.873. The van der Waals surface area contributed by atoms with E-state index in [0.717, 1.165) is 4.90 Å². The van der Waals surface area contributed by atoms with E-state index in [9.17, 15) is 19.2 Å². The summed E-state index contributed by atoms with van der Waals surface area (Å²) >= 11 is 2.59. The maximum atomic E-state index is 12.6. The Kier molecular flexibility index (Phi) is 5.09. The third-order valence-electron chi connectivity index (χ3n) is 3.79. The van der Waals surface area contributed by atoms with E-state index in [4.69, 9.17) is 10.2 Å². The molecule has 3 N–H and O–H groups in total. The van der Waals surface area contributed by atoms with E-state index in [1.54, 1.807) is 5.38 Å². The summed E-state index contributed by atoms with van der Waals surface area (Å²) in [7, 11) is 0. The van der Waals surface area contributed by atoms with Gasteiger partial charge in [0.05, 0.1) is 23.2 Å². The molecule has 0 unspecified atom stereocenters. The average molecular weight is 395 g/mol. The van der Waals surface area contributed by atoms with Gasteiger partial charge in [0.15, 0.2) is 0 Å². The SMILES string of the molecule is O=C(O)C/C=C(\C(=O)N[C@@H]1C(=O)N2C(C(=O)O)=CCS[C@H]12)c1cscn1. The minimum absolute atomic E-state index is 0.0645. The zero-order chi connectivity index (χ0) is 18.8. The number of amides is 2. The molecule has 0 spiro atoms. The summed E-state index contributed by atoms with van der Waals surface area (Å²) < 4.78 is 0. The van der Waals surface area contributed by atoms with Crippen LogP contribution in [-0.4, -0.2) is 61.0 Å². The Bertz CT molecular complexity index is 832. The zero-order valence-electron chi connectivity index (χ0n) is 13.1. The molecule has 3 rings (SSSR count). The van der Waals surface area contributed by atoms with Crippen molar-refractivity contribution in [2.45, 2.75) is 17.8 Å². The molecule has 11 heteroatoms. The van der Waals surface area contributed by atoms with Gasteiger partial charge in [-0.1, -0.05) is 6.08 Å². The fourth-order valence-electron chi connectivity index (χ4n) is 2.61. The molecule has 2 atom stereocenters. The molecule has 1 saturated heterocycles. The first-order valence-electron chi connectivity index (χ1n) is 7.39. The Balaban J connectivity index is 1.76. The first kappa shape index (κ1) is 18.1. The van der Waals surface area contributed by atoms with Crippen LogP contribution in [0.25, 0.3) is 5.57 Å². The van der Waals surface area contributed by atoms with Crippen molar-refractivity contribution in [2.75, 3.05) is 5.75 Å². The number of nitrogens with one attached hydrogen (secondary N) is 1. The lowest BCUT2D eigenvalue weighted by Gasteiger charge is -2.48. The minimum Gasteiger partial charge on any atom is -0.481 e. The van der Waals surface area contributed by atoms with Crippen LogP contribution in [0.3, 0.4) is 0 Å². The third kappa shape index (κ3) is 3.35. The number of aromatic nitrogens is 1. The summed E-state index contributed by atoms with van der Waals surface area (Å²) in [4.78, 5) is 52.0. The van der Waals surface area contributed by atoms with Gasteiger partial charge in [-0.2, -0.15) is 0 Å². The number of carboxylic acids is 2. The molecule has 2 amide bonds. The van der Waals surface area contributed by atoms with E-state index < -0.39 is 35.2 Å². The van der Waals surface area contributed by atoms with Crippen molar-refractivity contribution in [3.05, 3.63) is 34.4 Å². The number of thioether (sulfide) groups is 1. The van der Waals surface area contributed by atoms with Gasteiger partial charge >= 0.3 is 11.9 Å². The largest absolute Gasteiger partial charge is 0.481 e. The number of β-lactam (4-membered cyclic amide) rings is 1. The quantitative estimate of drug-likeness (QED) is 0.464. The van der Waals surface area contributed by atoms with E-state index >= 15 is 0 Å². The van der Waals surface area contributed by atoms with E-state index in [-0.39, 0.29) is 17.7 Å². The molecular weight excluding hydrogens is 382 g/mol. The summed E-state index contributed by atoms with van der Waals surface area (Å²) in [5.74, 6) is -3.02. The Morgan fingerprint density at radius 2 is 2.15 bits per heavy atom. The van der Waals surface area contributed by atoms with Crippen molar-refractivity contribution in [2.24, 2.45) is 0 Å². The highest BCUT2D eigenvalue weighted by Crippen LogP contribution is 2.37. The molecule has 0 aromatic carbocycles. The van der Waals surface area contributed by atoms with E-state index in [1.807, 2.05) is 0 Å². The zero-order valence-corrected chi connectivity index (χ0v) is 14.7. The van der Waals surface area contributed by atoms with Gasteiger partial charge in [-0.05, 0) is 6.08 Å². The van der Waals surface area contributed by atoms with Gasteiger partial charge in [0.25, 0.3) is 11.8 Å². The van der Waals surface area contributed by atoms with Crippen LogP contribution in [0.4, 0.5) is 0 Å². The number of rotatable bonds is 6. The molecule has 26 heavy (non-hydrogen) atoms. The highest BCUT2D eigenvalue weighted by Gasteiger charge is 2.52. The summed E-state index contributed by atoms with van der Waals surface area (Å²) in [6.07, 6.45) is 2.33. The van der Waals surface area contributed by atoms with Gasteiger partial charge < -0.3 is 15.5 Å². The highest BCUT2D eigenvalue weighted by molar-refractivity contribution is 8.00. The molecule has 1 fully saturated rings. The Morgan fingerprint density at radius 1 is 1.38 bits per heavy atom. The standard InChI is InChI=1S/C15H13N3O6S2/c19-10(20)2-1-7(8-5-25-6-16-8)12(21)17-11-13(22)18-9(15(23)24)3-4-26-14(11)18/h1,3,5-6,11,14H,2,4H2,(H,17,21)(H,19,20)(H,23,24)/b7-1-/t11-,14-/m1/s1. The Labute approximate surface area is 155 Å². The first-order valence-corrected chi connectivity index (χ1v) is 9.39. The topological polar surface area (TPSA) is 137 Å². The number of aliphatic carboxylic acids is 2. The molecule has 136 valence electrons. The molecule has 9 nitrogen and oxygen atoms in total. The predicted octanol–water partition coefficient (Wildman–Crippen LogP) is 0.370. The summed E-state index contributed by atoms with van der Waals surface area (Å²) in [5, 5.41) is 21.7. The van der Waals surface area contributed by atoms with Crippen molar-refractivity contribution in [1.29, 1.82) is 0 Å². The molecule has 3 heterocycles. The van der Waals surface area contributed by atoms with E-state index in [0.29, 0.717) is 11.4 Å². The van der Waals surface area contributed by atoms with Crippen molar-refractivity contribution in [3.63, 3.8) is 0 Å². The van der Waals surface area contributed by atoms with Crippen molar-refractivity contribution in [1.82, 2.24) is 15.2 Å². The van der Waals surface area contributed by atoms with Crippen LogP contribution in [0, 0.1) is 0 Å². The molecule has 2 aliphatic rings. The smallest absolute Gasteiger partial charge is 0.352 e. The molecule has 1 aromatic rings. The van der Waals surface area contributed by atoms with Gasteiger partial charge in [0.2, 0.25) is 0 Å². The Morgan fingerprint density at radius 3 is 2.77 bits per heavy atom. The first-order chi connectivity index (χ1) is 12.4. The maximum Gasteiger partial charge on any atom is 0.352 e. The number of carboxylic acid groups (broad SMARTS) is 2. The monoisotopic (exact) mass is 395 g/mol. The lowest BCUT2D eigenvalue weighted by atomic mass is 10.0. The van der Waals surface area contributed by atoms with Crippen LogP contribution in [0.5, 0.6) is 0 Å². The molecule has 2 aliphatic heterocycles. The number of carbonyl (C=O) groups is 4. The molecule has 0 bridgehead atoms. The van der Waals surface area contributed by atoms with Gasteiger partial charge in [-0.3, -0.25) is 19.3 Å². The number of hydrogen-bond acceptors (Lipinski definition) is 7. The third-order valence-corrected chi connectivity index (χ3v) is 5.56. The van der Waals surface area contributed by atoms with Gasteiger partial charge in [0.1, 0.15) is 17.1 Å². The number of thiazole rings is 1. The van der Waals surface area contributed by atoms with Crippen LogP contribution < -0.4 is 5.32 Å². The lowest BCUT2D eigenvalue weighted by molar-refractivity contribution is -0.150. The molecular formula is C15H13N3O6S2. The van der Waals surface area contributed by atoms with Crippen molar-refractivity contribution in [3.8, 4) is 0 Å². The number of carbonyl (C=O) groups excluding carboxylic acids is 2.